The van der Waals surface area contributed by atoms with Crippen LogP contribution in [0.2, 0.25) is 0 Å². The fraction of sp³-hybridized carbons (Fsp3) is 0.917. The molecule has 0 aromatic heterocycles. The fourth-order valence-electron chi connectivity index (χ4n) is 2.45. The minimum absolute atomic E-state index is 0.0757. The van der Waals surface area contributed by atoms with Crippen molar-refractivity contribution in [1.82, 2.24) is 9.44 Å². The summed E-state index contributed by atoms with van der Waals surface area (Å²) in [4.78, 5) is 0. The SMILES string of the molecule is N#CC1(NS(=O)(=O)NC2CC2)CCCCCCC1. The van der Waals surface area contributed by atoms with Gasteiger partial charge in [-0.1, -0.05) is 32.1 Å². The Morgan fingerprint density at radius 3 is 2.11 bits per heavy atom. The third-order valence-corrected chi connectivity index (χ3v) is 4.95. The number of rotatable bonds is 4. The van der Waals surface area contributed by atoms with Gasteiger partial charge < -0.3 is 0 Å². The summed E-state index contributed by atoms with van der Waals surface area (Å²) in [6, 6.07) is 2.28. The van der Waals surface area contributed by atoms with Crippen LogP contribution in [0.1, 0.15) is 57.8 Å². The molecule has 2 aliphatic carbocycles. The van der Waals surface area contributed by atoms with E-state index in [1.807, 2.05) is 0 Å². The standard InChI is InChI=1S/C12H21N3O2S/c13-10-12(8-4-2-1-3-5-9-12)15-18(16,17)14-11-6-7-11/h11,14-15H,1-9H2. The third kappa shape index (κ3) is 3.94. The molecular formula is C12H21N3O2S. The molecule has 0 spiro atoms. The molecule has 5 nitrogen and oxygen atoms in total. The lowest BCUT2D eigenvalue weighted by molar-refractivity contribution is 0.355. The van der Waals surface area contributed by atoms with E-state index >= 15 is 0 Å². The summed E-state index contributed by atoms with van der Waals surface area (Å²) in [7, 11) is -3.54. The van der Waals surface area contributed by atoms with Gasteiger partial charge >= 0.3 is 0 Å². The van der Waals surface area contributed by atoms with Gasteiger partial charge in [-0.2, -0.15) is 23.1 Å². The molecule has 0 radical (unpaired) electrons. The Hall–Kier alpha value is -0.640. The van der Waals surface area contributed by atoms with Crippen LogP contribution >= 0.6 is 0 Å². The zero-order valence-electron chi connectivity index (χ0n) is 10.6. The number of hydrogen-bond acceptors (Lipinski definition) is 3. The Morgan fingerprint density at radius 1 is 1.06 bits per heavy atom. The quantitative estimate of drug-likeness (QED) is 0.814. The summed E-state index contributed by atoms with van der Waals surface area (Å²) < 4.78 is 29.1. The Morgan fingerprint density at radius 2 is 1.61 bits per heavy atom. The molecule has 0 amide bonds. The Labute approximate surface area is 109 Å². The van der Waals surface area contributed by atoms with Gasteiger partial charge in [0.1, 0.15) is 5.54 Å². The molecule has 2 saturated carbocycles. The zero-order chi connectivity index (χ0) is 13.1. The first-order valence-electron chi connectivity index (χ1n) is 6.78. The zero-order valence-corrected chi connectivity index (χ0v) is 11.4. The van der Waals surface area contributed by atoms with Crippen LogP contribution in [0.5, 0.6) is 0 Å². The van der Waals surface area contributed by atoms with E-state index in [0.717, 1.165) is 38.5 Å². The van der Waals surface area contributed by atoms with E-state index in [9.17, 15) is 13.7 Å². The first-order valence-corrected chi connectivity index (χ1v) is 8.26. The number of nitrogens with one attached hydrogen (secondary N) is 2. The minimum Gasteiger partial charge on any atom is -0.199 e. The summed E-state index contributed by atoms with van der Waals surface area (Å²) in [5.74, 6) is 0. The van der Waals surface area contributed by atoms with E-state index in [1.165, 1.54) is 6.42 Å². The van der Waals surface area contributed by atoms with Crippen molar-refractivity contribution in [1.29, 1.82) is 5.26 Å². The third-order valence-electron chi connectivity index (χ3n) is 3.65. The van der Waals surface area contributed by atoms with Gasteiger partial charge in [0, 0.05) is 6.04 Å². The van der Waals surface area contributed by atoms with Gasteiger partial charge in [-0.25, -0.2) is 0 Å². The highest BCUT2D eigenvalue weighted by Crippen LogP contribution is 2.27. The lowest BCUT2D eigenvalue weighted by Crippen LogP contribution is -2.52. The molecule has 2 N–H and O–H groups in total. The number of nitrogens with zero attached hydrogens (tertiary/aromatic N) is 1. The average Bonchev–Trinajstić information content (AvgIpc) is 3.05. The maximum atomic E-state index is 11.9. The molecule has 6 heteroatoms. The molecule has 2 rings (SSSR count). The predicted octanol–water partition coefficient (Wildman–Crippen LogP) is 1.58. The number of nitriles is 1. The van der Waals surface area contributed by atoms with Crippen LogP contribution in [0.3, 0.4) is 0 Å². The predicted molar refractivity (Wildman–Crippen MR) is 68.9 cm³/mol. The van der Waals surface area contributed by atoms with Crippen LogP contribution in [0.25, 0.3) is 0 Å². The van der Waals surface area contributed by atoms with Crippen molar-refractivity contribution >= 4 is 10.2 Å². The van der Waals surface area contributed by atoms with E-state index in [0.29, 0.717) is 12.8 Å². The van der Waals surface area contributed by atoms with Crippen molar-refractivity contribution in [2.24, 2.45) is 0 Å². The molecule has 0 bridgehead atoms. The first kappa shape index (κ1) is 13.8. The molecule has 2 fully saturated rings. The summed E-state index contributed by atoms with van der Waals surface area (Å²) in [5.41, 5.74) is -0.902. The molecular weight excluding hydrogens is 250 g/mol. The largest absolute Gasteiger partial charge is 0.278 e. The van der Waals surface area contributed by atoms with Crippen molar-refractivity contribution in [3.05, 3.63) is 0 Å². The average molecular weight is 271 g/mol. The highest BCUT2D eigenvalue weighted by molar-refractivity contribution is 7.87. The van der Waals surface area contributed by atoms with E-state index in [-0.39, 0.29) is 6.04 Å². The van der Waals surface area contributed by atoms with Gasteiger partial charge in [-0.15, -0.1) is 0 Å². The van der Waals surface area contributed by atoms with E-state index < -0.39 is 15.7 Å². The van der Waals surface area contributed by atoms with E-state index in [2.05, 4.69) is 15.5 Å². The van der Waals surface area contributed by atoms with E-state index in [4.69, 9.17) is 0 Å². The van der Waals surface area contributed by atoms with Gasteiger partial charge in [-0.3, -0.25) is 0 Å². The maximum absolute atomic E-state index is 11.9. The molecule has 0 aromatic carbocycles. The molecule has 102 valence electrons. The van der Waals surface area contributed by atoms with Gasteiger partial charge in [0.2, 0.25) is 0 Å². The molecule has 0 saturated heterocycles. The van der Waals surface area contributed by atoms with Crippen LogP contribution < -0.4 is 9.44 Å². The Balaban J connectivity index is 2.03. The van der Waals surface area contributed by atoms with Crippen LogP contribution in [0.4, 0.5) is 0 Å². The normalized spacial score (nSPS) is 24.8. The smallest absolute Gasteiger partial charge is 0.199 e. The van der Waals surface area contributed by atoms with Gasteiger partial charge in [0.15, 0.2) is 0 Å². The van der Waals surface area contributed by atoms with Crippen LogP contribution in [-0.4, -0.2) is 20.0 Å². The molecule has 0 unspecified atom stereocenters. The van der Waals surface area contributed by atoms with Gasteiger partial charge in [-0.05, 0) is 25.7 Å². The summed E-state index contributed by atoms with van der Waals surface area (Å²) in [5, 5.41) is 9.37. The molecule has 0 atom stereocenters. The highest BCUT2D eigenvalue weighted by Gasteiger charge is 2.36. The second kappa shape index (κ2) is 5.55. The monoisotopic (exact) mass is 271 g/mol. The van der Waals surface area contributed by atoms with Gasteiger partial charge in [0.05, 0.1) is 6.07 Å². The Bertz CT molecular complexity index is 415. The Kier molecular flexibility index (Phi) is 4.25. The van der Waals surface area contributed by atoms with Crippen molar-refractivity contribution < 1.29 is 8.42 Å². The van der Waals surface area contributed by atoms with Crippen molar-refractivity contribution in [2.45, 2.75) is 69.4 Å². The number of hydrogen-bond donors (Lipinski definition) is 2. The molecule has 2 aliphatic rings. The van der Waals surface area contributed by atoms with Crippen molar-refractivity contribution in [2.75, 3.05) is 0 Å². The topological polar surface area (TPSA) is 82.0 Å². The molecule has 0 aliphatic heterocycles. The second-order valence-corrected chi connectivity index (χ2v) is 6.91. The lowest BCUT2D eigenvalue weighted by Gasteiger charge is -2.29. The minimum atomic E-state index is -3.54. The van der Waals surface area contributed by atoms with Crippen LogP contribution in [-0.2, 0) is 10.2 Å². The maximum Gasteiger partial charge on any atom is 0.278 e. The molecule has 0 aromatic rings. The molecule has 18 heavy (non-hydrogen) atoms. The second-order valence-electron chi connectivity index (χ2n) is 5.46. The van der Waals surface area contributed by atoms with Crippen LogP contribution in [0, 0.1) is 11.3 Å². The van der Waals surface area contributed by atoms with E-state index in [1.54, 1.807) is 0 Å². The molecule has 0 heterocycles. The summed E-state index contributed by atoms with van der Waals surface area (Å²) >= 11 is 0. The van der Waals surface area contributed by atoms with Crippen molar-refractivity contribution in [3.63, 3.8) is 0 Å². The fourth-order valence-corrected chi connectivity index (χ4v) is 3.95. The van der Waals surface area contributed by atoms with Gasteiger partial charge in [0.25, 0.3) is 10.2 Å². The van der Waals surface area contributed by atoms with Crippen LogP contribution in [0.15, 0.2) is 0 Å². The van der Waals surface area contributed by atoms with Crippen molar-refractivity contribution in [3.8, 4) is 6.07 Å². The first-order chi connectivity index (χ1) is 8.55. The highest BCUT2D eigenvalue weighted by atomic mass is 32.2. The summed E-state index contributed by atoms with van der Waals surface area (Å²) in [6.45, 7) is 0. The summed E-state index contributed by atoms with van der Waals surface area (Å²) in [6.07, 6.45) is 8.24. The lowest BCUT2D eigenvalue weighted by atomic mass is 9.86.